The number of benzene rings is 2. The van der Waals surface area contributed by atoms with E-state index < -0.39 is 35.4 Å². The number of halogens is 4. The molecule has 0 saturated carbocycles. The van der Waals surface area contributed by atoms with E-state index in [0.717, 1.165) is 10.2 Å². The van der Waals surface area contributed by atoms with Gasteiger partial charge in [0.15, 0.2) is 34.2 Å². The Morgan fingerprint density at radius 3 is 2.34 bits per heavy atom. The summed E-state index contributed by atoms with van der Waals surface area (Å²) in [5.74, 6) is -5.58. The minimum Gasteiger partial charge on any atom is -0.330 e. The molecule has 6 nitrogen and oxygen atoms in total. The number of hydrogen-bond acceptors (Lipinski definition) is 3. The van der Waals surface area contributed by atoms with Crippen LogP contribution in [0.2, 0.25) is 0 Å². The lowest BCUT2D eigenvalue weighted by Crippen LogP contribution is -2.19. The van der Waals surface area contributed by atoms with Gasteiger partial charge in [-0.15, -0.1) is 0 Å². The number of nitrogens with zero attached hydrogens (tertiary/aromatic N) is 4. The summed E-state index contributed by atoms with van der Waals surface area (Å²) in [4.78, 5) is 0. The topological polar surface area (TPSA) is 59.7 Å². The summed E-state index contributed by atoms with van der Waals surface area (Å²) in [7, 11) is 0. The minimum atomic E-state index is -1.47. The van der Waals surface area contributed by atoms with Gasteiger partial charge >= 0.3 is 0 Å². The number of nitrogens with one attached hydrogen (secondary N) is 2. The normalized spacial score (nSPS) is 10.9. The molecule has 2 heterocycles. The monoisotopic (exact) mass is 460 g/mol. The van der Waals surface area contributed by atoms with Crippen molar-refractivity contribution in [1.82, 2.24) is 19.6 Å². The van der Waals surface area contributed by atoms with Crippen molar-refractivity contribution in [2.24, 2.45) is 0 Å². The second kappa shape index (κ2) is 9.18. The van der Waals surface area contributed by atoms with Crippen LogP contribution in [0.4, 0.5) is 29.1 Å². The van der Waals surface area contributed by atoms with E-state index in [1.54, 1.807) is 17.1 Å². The van der Waals surface area contributed by atoms with E-state index in [-0.39, 0.29) is 17.0 Å². The number of hydrogen-bond donors (Lipinski definition) is 2. The lowest BCUT2D eigenvalue weighted by atomic mass is 10.2. The third-order valence-electron chi connectivity index (χ3n) is 4.48. The van der Waals surface area contributed by atoms with Crippen LogP contribution in [0, 0.1) is 23.3 Å². The van der Waals surface area contributed by atoms with Gasteiger partial charge in [0.25, 0.3) is 0 Å². The van der Waals surface area contributed by atoms with Gasteiger partial charge in [-0.05, 0) is 17.8 Å². The molecule has 0 bridgehead atoms. The lowest BCUT2D eigenvalue weighted by molar-refractivity contribution is 0.431. The van der Waals surface area contributed by atoms with Gasteiger partial charge in [0.1, 0.15) is 0 Å². The van der Waals surface area contributed by atoms with Crippen molar-refractivity contribution in [2.75, 3.05) is 10.6 Å². The van der Waals surface area contributed by atoms with E-state index >= 15 is 0 Å². The van der Waals surface area contributed by atoms with E-state index in [0.29, 0.717) is 12.2 Å². The first-order chi connectivity index (χ1) is 15.4. The molecule has 0 fully saturated rings. The van der Waals surface area contributed by atoms with Crippen molar-refractivity contribution in [2.45, 2.75) is 13.1 Å². The second-order valence-corrected chi connectivity index (χ2v) is 7.24. The molecule has 4 rings (SSSR count). The molecule has 0 aliphatic carbocycles. The summed E-state index contributed by atoms with van der Waals surface area (Å²) in [6, 6.07) is 11.5. The van der Waals surface area contributed by atoms with Crippen molar-refractivity contribution in [3.8, 4) is 0 Å². The molecule has 4 aromatic rings. The highest BCUT2D eigenvalue weighted by Gasteiger charge is 2.19. The van der Waals surface area contributed by atoms with Gasteiger partial charge in [-0.2, -0.15) is 10.2 Å². The van der Waals surface area contributed by atoms with Gasteiger partial charge in [-0.25, -0.2) is 17.6 Å². The first-order valence-corrected chi connectivity index (χ1v) is 9.79. The largest absolute Gasteiger partial charge is 0.330 e. The third-order valence-corrected chi connectivity index (χ3v) is 4.69. The predicted octanol–water partition coefficient (Wildman–Crippen LogP) is 4.54. The molecular formula is C21H16F4N6S. The Hall–Kier alpha value is -3.73. The molecule has 164 valence electrons. The maximum atomic E-state index is 13.8. The molecular weight excluding hydrogens is 444 g/mol. The number of anilines is 2. The smallest absolute Gasteiger partial charge is 0.176 e. The fourth-order valence-corrected chi connectivity index (χ4v) is 3.23. The summed E-state index contributed by atoms with van der Waals surface area (Å²) < 4.78 is 57.3. The van der Waals surface area contributed by atoms with Gasteiger partial charge in [0, 0.05) is 24.5 Å². The van der Waals surface area contributed by atoms with Crippen LogP contribution >= 0.6 is 12.2 Å². The molecule has 32 heavy (non-hydrogen) atoms. The van der Waals surface area contributed by atoms with Crippen molar-refractivity contribution in [3.63, 3.8) is 0 Å². The second-order valence-electron chi connectivity index (χ2n) is 6.84. The fourth-order valence-electron chi connectivity index (χ4n) is 3.00. The number of thiocarbonyl (C=S) groups is 1. The summed E-state index contributed by atoms with van der Waals surface area (Å²) >= 11 is 5.24. The fraction of sp³-hybridized carbons (Fsp3) is 0.0952. The maximum Gasteiger partial charge on any atom is 0.176 e. The third kappa shape index (κ3) is 4.94. The number of rotatable bonds is 6. The standard InChI is InChI=1S/C21H16F4N6S/c22-16-8-17(23)20(25)15(19(16)24)12-30-7-6-18(29-30)28-21(32)27-14-9-26-31(11-14)10-13-4-2-1-3-5-13/h1-9,11H,10,12H2,(H2,27,28,29,32). The van der Waals surface area contributed by atoms with E-state index in [2.05, 4.69) is 20.8 Å². The van der Waals surface area contributed by atoms with E-state index in [4.69, 9.17) is 12.2 Å². The van der Waals surface area contributed by atoms with Gasteiger partial charge in [-0.1, -0.05) is 30.3 Å². The van der Waals surface area contributed by atoms with Crippen LogP contribution in [-0.2, 0) is 13.1 Å². The molecule has 11 heteroatoms. The van der Waals surface area contributed by atoms with Gasteiger partial charge in [-0.3, -0.25) is 9.36 Å². The Kier molecular flexibility index (Phi) is 6.17. The quantitative estimate of drug-likeness (QED) is 0.251. The molecule has 0 aliphatic heterocycles. The molecule has 0 unspecified atom stereocenters. The highest BCUT2D eigenvalue weighted by molar-refractivity contribution is 7.80. The van der Waals surface area contributed by atoms with Crippen LogP contribution in [0.15, 0.2) is 61.1 Å². The molecule has 2 N–H and O–H groups in total. The highest BCUT2D eigenvalue weighted by atomic mass is 32.1. The van der Waals surface area contributed by atoms with E-state index in [1.165, 1.54) is 12.3 Å². The van der Waals surface area contributed by atoms with Gasteiger partial charge in [0.05, 0.1) is 30.5 Å². The summed E-state index contributed by atoms with van der Waals surface area (Å²) in [6.07, 6.45) is 4.79. The molecule has 0 saturated heterocycles. The Morgan fingerprint density at radius 2 is 1.62 bits per heavy atom. The van der Waals surface area contributed by atoms with Crippen molar-refractivity contribution in [3.05, 3.63) is 95.5 Å². The minimum absolute atomic E-state index is 0.163. The lowest BCUT2D eigenvalue weighted by Gasteiger charge is -2.08. The highest BCUT2D eigenvalue weighted by Crippen LogP contribution is 2.20. The van der Waals surface area contributed by atoms with Crippen LogP contribution in [0.3, 0.4) is 0 Å². The van der Waals surface area contributed by atoms with E-state index in [9.17, 15) is 17.6 Å². The Labute approximate surface area is 185 Å². The van der Waals surface area contributed by atoms with Crippen molar-refractivity contribution < 1.29 is 17.6 Å². The first kappa shape index (κ1) is 21.5. The van der Waals surface area contributed by atoms with Crippen molar-refractivity contribution in [1.29, 1.82) is 0 Å². The first-order valence-electron chi connectivity index (χ1n) is 9.39. The number of aromatic nitrogens is 4. The average Bonchev–Trinajstić information content (AvgIpc) is 3.39. The Bertz CT molecular complexity index is 1230. The maximum absolute atomic E-state index is 13.8. The molecule has 0 atom stereocenters. The molecule has 0 aliphatic rings. The molecule has 2 aromatic heterocycles. The van der Waals surface area contributed by atoms with Crippen molar-refractivity contribution >= 4 is 28.8 Å². The Morgan fingerprint density at radius 1 is 0.906 bits per heavy atom. The molecule has 0 radical (unpaired) electrons. The summed E-state index contributed by atoms with van der Waals surface area (Å²) in [6.45, 7) is 0.0986. The zero-order valence-corrected chi connectivity index (χ0v) is 17.2. The zero-order valence-electron chi connectivity index (χ0n) is 16.4. The zero-order chi connectivity index (χ0) is 22.7. The van der Waals surface area contributed by atoms with Gasteiger partial charge in [0.2, 0.25) is 0 Å². The van der Waals surface area contributed by atoms with Crippen LogP contribution < -0.4 is 10.6 Å². The van der Waals surface area contributed by atoms with Crippen LogP contribution in [0.25, 0.3) is 0 Å². The predicted molar refractivity (Wildman–Crippen MR) is 115 cm³/mol. The molecule has 2 aromatic carbocycles. The Balaban J connectivity index is 1.37. The van der Waals surface area contributed by atoms with Gasteiger partial charge < -0.3 is 10.6 Å². The summed E-state index contributed by atoms with van der Waals surface area (Å²) in [5, 5.41) is 14.3. The van der Waals surface area contributed by atoms with Crippen LogP contribution in [0.5, 0.6) is 0 Å². The average molecular weight is 460 g/mol. The van der Waals surface area contributed by atoms with Crippen LogP contribution in [0.1, 0.15) is 11.1 Å². The van der Waals surface area contributed by atoms with E-state index in [1.807, 2.05) is 30.3 Å². The SMILES string of the molecule is Fc1cc(F)c(F)c(Cn2ccc(NC(=S)Nc3cnn(Cc4ccccc4)c3)n2)c1F. The molecule has 0 amide bonds. The molecule has 0 spiro atoms. The summed E-state index contributed by atoms with van der Waals surface area (Å²) in [5.41, 5.74) is 0.986. The van der Waals surface area contributed by atoms with Crippen LogP contribution in [-0.4, -0.2) is 24.7 Å².